The van der Waals surface area contributed by atoms with E-state index in [0.29, 0.717) is 23.1 Å². The maximum atomic E-state index is 12.1. The molecule has 1 aromatic heterocycles. The van der Waals surface area contributed by atoms with Crippen molar-refractivity contribution in [3.63, 3.8) is 0 Å². The van der Waals surface area contributed by atoms with Crippen LogP contribution in [0.15, 0.2) is 29.2 Å². The van der Waals surface area contributed by atoms with Gasteiger partial charge in [-0.05, 0) is 18.6 Å². The lowest BCUT2D eigenvalue weighted by atomic mass is 10.1. The van der Waals surface area contributed by atoms with Gasteiger partial charge in [0, 0.05) is 18.4 Å². The van der Waals surface area contributed by atoms with Gasteiger partial charge in [0.1, 0.15) is 5.56 Å². The van der Waals surface area contributed by atoms with E-state index in [0.717, 1.165) is 12.8 Å². The van der Waals surface area contributed by atoms with E-state index in [4.69, 9.17) is 10.8 Å². The molecule has 0 radical (unpaired) electrons. The Morgan fingerprint density at radius 3 is 2.79 bits per heavy atom. The third kappa shape index (κ3) is 2.31. The number of nitrogen functional groups attached to an aromatic ring is 1. The maximum Gasteiger partial charge on any atom is 0.341 e. The van der Waals surface area contributed by atoms with Crippen molar-refractivity contribution in [2.75, 3.05) is 5.73 Å². The number of aromatic nitrogens is 1. The molecular formula is C14H16N2O3. The highest BCUT2D eigenvalue weighted by Gasteiger charge is 2.15. The van der Waals surface area contributed by atoms with Crippen LogP contribution in [-0.4, -0.2) is 15.6 Å². The summed E-state index contributed by atoms with van der Waals surface area (Å²) in [6, 6.07) is 5.16. The number of unbranched alkanes of at least 4 members (excludes halogenated alkanes) is 1. The number of hydrogen-bond acceptors (Lipinski definition) is 3. The van der Waals surface area contributed by atoms with Crippen LogP contribution in [0.2, 0.25) is 0 Å². The smallest absolute Gasteiger partial charge is 0.341 e. The van der Waals surface area contributed by atoms with E-state index in [1.807, 2.05) is 0 Å². The summed E-state index contributed by atoms with van der Waals surface area (Å²) in [5.74, 6) is -1.22. The zero-order chi connectivity index (χ0) is 14.0. The Hall–Kier alpha value is -2.30. The number of benzene rings is 1. The molecule has 5 heteroatoms. The molecule has 0 fully saturated rings. The fourth-order valence-corrected chi connectivity index (χ4v) is 2.13. The summed E-state index contributed by atoms with van der Waals surface area (Å²) in [7, 11) is 0. The van der Waals surface area contributed by atoms with Gasteiger partial charge >= 0.3 is 5.97 Å². The van der Waals surface area contributed by atoms with Gasteiger partial charge in [-0.3, -0.25) is 4.79 Å². The average Bonchev–Trinajstić information content (AvgIpc) is 2.37. The lowest BCUT2D eigenvalue weighted by Crippen LogP contribution is -2.20. The molecule has 0 spiro atoms. The SMILES string of the molecule is CCCCn1cc(C(=O)O)c(=O)c2c(N)cccc21. The van der Waals surface area contributed by atoms with Gasteiger partial charge in [0.15, 0.2) is 0 Å². The number of hydrogen-bond donors (Lipinski definition) is 2. The summed E-state index contributed by atoms with van der Waals surface area (Å²) >= 11 is 0. The first-order valence-corrected chi connectivity index (χ1v) is 6.21. The molecule has 0 saturated carbocycles. The number of nitrogens with two attached hydrogens (primary N) is 1. The fourth-order valence-electron chi connectivity index (χ4n) is 2.13. The molecule has 19 heavy (non-hydrogen) atoms. The highest BCUT2D eigenvalue weighted by atomic mass is 16.4. The van der Waals surface area contributed by atoms with Crippen LogP contribution < -0.4 is 11.2 Å². The maximum absolute atomic E-state index is 12.1. The van der Waals surface area contributed by atoms with E-state index < -0.39 is 11.4 Å². The van der Waals surface area contributed by atoms with Crippen molar-refractivity contribution >= 4 is 22.6 Å². The standard InChI is InChI=1S/C14H16N2O3/c1-2-3-7-16-8-9(14(18)19)13(17)12-10(15)5-4-6-11(12)16/h4-6,8H,2-3,7,15H2,1H3,(H,18,19). The third-order valence-electron chi connectivity index (χ3n) is 3.12. The molecule has 0 aliphatic rings. The third-order valence-corrected chi connectivity index (χ3v) is 3.12. The van der Waals surface area contributed by atoms with Gasteiger partial charge < -0.3 is 15.4 Å². The van der Waals surface area contributed by atoms with Crippen molar-refractivity contribution < 1.29 is 9.90 Å². The van der Waals surface area contributed by atoms with E-state index in [-0.39, 0.29) is 5.56 Å². The van der Waals surface area contributed by atoms with Crippen molar-refractivity contribution in [3.05, 3.63) is 40.2 Å². The van der Waals surface area contributed by atoms with Crippen molar-refractivity contribution in [2.24, 2.45) is 0 Å². The number of carboxylic acid groups (broad SMARTS) is 1. The molecule has 5 nitrogen and oxygen atoms in total. The quantitative estimate of drug-likeness (QED) is 0.824. The zero-order valence-corrected chi connectivity index (χ0v) is 10.7. The average molecular weight is 260 g/mol. The Labute approximate surface area is 110 Å². The molecule has 0 aliphatic heterocycles. The summed E-state index contributed by atoms with van der Waals surface area (Å²) in [5, 5.41) is 9.40. The number of anilines is 1. The number of aromatic carboxylic acids is 1. The number of carboxylic acids is 1. The molecule has 0 bridgehead atoms. The first-order valence-electron chi connectivity index (χ1n) is 6.21. The van der Waals surface area contributed by atoms with E-state index >= 15 is 0 Å². The zero-order valence-electron chi connectivity index (χ0n) is 10.7. The molecule has 0 amide bonds. The largest absolute Gasteiger partial charge is 0.477 e. The monoisotopic (exact) mass is 260 g/mol. The second-order valence-corrected chi connectivity index (χ2v) is 4.47. The molecule has 1 heterocycles. The summed E-state index contributed by atoms with van der Waals surface area (Å²) < 4.78 is 1.79. The van der Waals surface area contributed by atoms with Crippen LogP contribution in [0.5, 0.6) is 0 Å². The second kappa shape index (κ2) is 5.14. The molecule has 0 aliphatic carbocycles. The minimum absolute atomic E-state index is 0.235. The Kier molecular flexibility index (Phi) is 3.55. The number of pyridine rings is 1. The van der Waals surface area contributed by atoms with Crippen LogP contribution in [-0.2, 0) is 6.54 Å². The highest BCUT2D eigenvalue weighted by Crippen LogP contribution is 2.19. The normalized spacial score (nSPS) is 10.8. The van der Waals surface area contributed by atoms with Crippen LogP contribution in [0.1, 0.15) is 30.1 Å². The summed E-state index contributed by atoms with van der Waals surface area (Å²) in [5.41, 5.74) is 6.06. The van der Waals surface area contributed by atoms with Gasteiger partial charge in [-0.15, -0.1) is 0 Å². The van der Waals surface area contributed by atoms with Crippen LogP contribution >= 0.6 is 0 Å². The minimum atomic E-state index is -1.22. The predicted octanol–water partition coefficient (Wildman–Crippen LogP) is 2.08. The lowest BCUT2D eigenvalue weighted by Gasteiger charge is -2.12. The molecule has 0 unspecified atom stereocenters. The predicted molar refractivity (Wildman–Crippen MR) is 74.5 cm³/mol. The van der Waals surface area contributed by atoms with E-state index in [1.165, 1.54) is 6.20 Å². The van der Waals surface area contributed by atoms with E-state index in [2.05, 4.69) is 6.92 Å². The Morgan fingerprint density at radius 1 is 1.42 bits per heavy atom. The van der Waals surface area contributed by atoms with Crippen molar-refractivity contribution in [3.8, 4) is 0 Å². The van der Waals surface area contributed by atoms with Gasteiger partial charge in [-0.25, -0.2) is 4.79 Å². The number of aryl methyl sites for hydroxylation is 1. The summed E-state index contributed by atoms with van der Waals surface area (Å²) in [6.45, 7) is 2.72. The number of rotatable bonds is 4. The Morgan fingerprint density at radius 2 is 2.16 bits per heavy atom. The molecule has 2 rings (SSSR count). The molecule has 2 aromatic rings. The van der Waals surface area contributed by atoms with Gasteiger partial charge in [0.25, 0.3) is 0 Å². The first-order chi connectivity index (χ1) is 9.06. The molecule has 0 atom stereocenters. The highest BCUT2D eigenvalue weighted by molar-refractivity contribution is 5.97. The Balaban J connectivity index is 2.80. The van der Waals surface area contributed by atoms with Gasteiger partial charge in [-0.1, -0.05) is 19.4 Å². The van der Waals surface area contributed by atoms with E-state index in [9.17, 15) is 9.59 Å². The van der Waals surface area contributed by atoms with Crippen LogP contribution in [0.4, 0.5) is 5.69 Å². The minimum Gasteiger partial charge on any atom is -0.477 e. The van der Waals surface area contributed by atoms with Crippen LogP contribution in [0.3, 0.4) is 0 Å². The molecule has 3 N–H and O–H groups in total. The molecule has 1 aromatic carbocycles. The Bertz CT molecular complexity index is 689. The second-order valence-electron chi connectivity index (χ2n) is 4.47. The number of nitrogens with zero attached hydrogens (tertiary/aromatic N) is 1. The number of fused-ring (bicyclic) bond motifs is 1. The molecule has 100 valence electrons. The number of carbonyl (C=O) groups is 1. The van der Waals surface area contributed by atoms with Crippen molar-refractivity contribution in [1.82, 2.24) is 4.57 Å². The van der Waals surface area contributed by atoms with Crippen molar-refractivity contribution in [2.45, 2.75) is 26.3 Å². The van der Waals surface area contributed by atoms with E-state index in [1.54, 1.807) is 22.8 Å². The van der Waals surface area contributed by atoms with Gasteiger partial charge in [0.2, 0.25) is 5.43 Å². The lowest BCUT2D eigenvalue weighted by molar-refractivity contribution is 0.0695. The summed E-state index contributed by atoms with van der Waals surface area (Å²) in [4.78, 5) is 23.3. The van der Waals surface area contributed by atoms with Gasteiger partial charge in [-0.2, -0.15) is 0 Å². The topological polar surface area (TPSA) is 85.3 Å². The van der Waals surface area contributed by atoms with Gasteiger partial charge in [0.05, 0.1) is 10.9 Å². The fraction of sp³-hybridized carbons (Fsp3) is 0.286. The molecular weight excluding hydrogens is 244 g/mol. The molecule has 0 saturated heterocycles. The van der Waals surface area contributed by atoms with Crippen molar-refractivity contribution in [1.29, 1.82) is 0 Å². The summed E-state index contributed by atoms with van der Waals surface area (Å²) in [6.07, 6.45) is 3.30. The van der Waals surface area contributed by atoms with Crippen LogP contribution in [0, 0.1) is 0 Å². The van der Waals surface area contributed by atoms with Crippen LogP contribution in [0.25, 0.3) is 10.9 Å². The first kappa shape index (κ1) is 13.1.